The van der Waals surface area contributed by atoms with E-state index in [4.69, 9.17) is 27.9 Å². The van der Waals surface area contributed by atoms with Gasteiger partial charge in [0, 0.05) is 17.6 Å². The van der Waals surface area contributed by atoms with Gasteiger partial charge in [-0.2, -0.15) is 0 Å². The maximum Gasteiger partial charge on any atom is 0.261 e. The van der Waals surface area contributed by atoms with Gasteiger partial charge in [-0.25, -0.2) is 0 Å². The first-order valence-electron chi connectivity index (χ1n) is 9.95. The molecule has 0 spiro atoms. The molecular weight excluding hydrogens is 423 g/mol. The van der Waals surface area contributed by atoms with Crippen LogP contribution in [0, 0.1) is 6.92 Å². The van der Waals surface area contributed by atoms with Gasteiger partial charge in [0.05, 0.1) is 5.02 Å². The van der Waals surface area contributed by atoms with Crippen molar-refractivity contribution in [1.82, 2.24) is 10.2 Å². The minimum atomic E-state index is -0.608. The summed E-state index contributed by atoms with van der Waals surface area (Å²) in [7, 11) is 0. The Morgan fingerprint density at radius 1 is 1.13 bits per heavy atom. The molecule has 1 atom stereocenters. The lowest BCUT2D eigenvalue weighted by Crippen LogP contribution is -2.51. The quantitative estimate of drug-likeness (QED) is 0.583. The van der Waals surface area contributed by atoms with E-state index < -0.39 is 6.04 Å². The highest BCUT2D eigenvalue weighted by Gasteiger charge is 2.29. The van der Waals surface area contributed by atoms with Crippen molar-refractivity contribution in [3.05, 3.63) is 63.6 Å². The van der Waals surface area contributed by atoms with Crippen LogP contribution in [0.1, 0.15) is 38.3 Å². The highest BCUT2D eigenvalue weighted by molar-refractivity contribution is 6.35. The zero-order valence-corrected chi connectivity index (χ0v) is 19.3. The molecule has 2 amide bonds. The molecule has 0 aliphatic carbocycles. The molecule has 2 aromatic rings. The van der Waals surface area contributed by atoms with E-state index in [2.05, 4.69) is 5.32 Å². The third-order valence-corrected chi connectivity index (χ3v) is 5.19. The van der Waals surface area contributed by atoms with Gasteiger partial charge in [-0.15, -0.1) is 0 Å². The van der Waals surface area contributed by atoms with Gasteiger partial charge in [0.2, 0.25) is 5.91 Å². The molecule has 30 heavy (non-hydrogen) atoms. The van der Waals surface area contributed by atoms with Crippen LogP contribution in [0.5, 0.6) is 5.75 Å². The van der Waals surface area contributed by atoms with Crippen molar-refractivity contribution in [2.24, 2.45) is 0 Å². The van der Waals surface area contributed by atoms with Crippen molar-refractivity contribution in [3.63, 3.8) is 0 Å². The minimum absolute atomic E-state index is 0.0221. The van der Waals surface area contributed by atoms with Gasteiger partial charge in [-0.05, 0) is 56.5 Å². The molecule has 0 radical (unpaired) electrons. The van der Waals surface area contributed by atoms with Gasteiger partial charge in [0.1, 0.15) is 11.8 Å². The molecule has 0 saturated heterocycles. The Morgan fingerprint density at radius 2 is 1.83 bits per heavy atom. The van der Waals surface area contributed by atoms with Crippen molar-refractivity contribution in [2.45, 2.75) is 52.7 Å². The monoisotopic (exact) mass is 450 g/mol. The number of nitrogens with one attached hydrogen (secondary N) is 1. The van der Waals surface area contributed by atoms with Crippen LogP contribution >= 0.6 is 23.2 Å². The van der Waals surface area contributed by atoms with Crippen LogP contribution in [-0.2, 0) is 16.1 Å². The molecule has 0 aliphatic rings. The molecule has 162 valence electrons. The molecule has 2 rings (SSSR count). The predicted molar refractivity (Wildman–Crippen MR) is 121 cm³/mol. The topological polar surface area (TPSA) is 58.6 Å². The van der Waals surface area contributed by atoms with E-state index in [1.807, 2.05) is 52.0 Å². The first-order chi connectivity index (χ1) is 14.2. The van der Waals surface area contributed by atoms with Crippen LogP contribution in [0.2, 0.25) is 10.0 Å². The molecule has 2 aromatic carbocycles. The normalized spacial score (nSPS) is 11.8. The lowest BCUT2D eigenvalue weighted by atomic mass is 10.1. The van der Waals surface area contributed by atoms with Crippen molar-refractivity contribution < 1.29 is 14.3 Å². The van der Waals surface area contributed by atoms with E-state index in [1.54, 1.807) is 23.1 Å². The third kappa shape index (κ3) is 6.64. The standard InChI is InChI=1S/C23H28Cl2N2O3/c1-5-20(23(29)26-15(2)3)27(13-17-9-7-6-8-16(17)4)22(28)14-30-21-11-10-18(24)12-19(21)25/h6-12,15,20H,5,13-14H2,1-4H3,(H,26,29)/t20-/m0/s1. The number of rotatable bonds is 9. The summed E-state index contributed by atoms with van der Waals surface area (Å²) in [5.41, 5.74) is 2.03. The van der Waals surface area contributed by atoms with Crippen LogP contribution in [-0.4, -0.2) is 35.4 Å². The Bertz CT molecular complexity index is 887. The van der Waals surface area contributed by atoms with E-state index in [9.17, 15) is 9.59 Å². The van der Waals surface area contributed by atoms with E-state index in [0.29, 0.717) is 28.8 Å². The highest BCUT2D eigenvalue weighted by atomic mass is 35.5. The van der Waals surface area contributed by atoms with E-state index in [-0.39, 0.29) is 24.5 Å². The molecule has 0 aromatic heterocycles. The van der Waals surface area contributed by atoms with E-state index in [0.717, 1.165) is 11.1 Å². The Morgan fingerprint density at radius 3 is 2.43 bits per heavy atom. The van der Waals surface area contributed by atoms with Gasteiger partial charge in [-0.3, -0.25) is 9.59 Å². The molecule has 0 saturated carbocycles. The number of nitrogens with zero attached hydrogens (tertiary/aromatic N) is 1. The van der Waals surface area contributed by atoms with Crippen LogP contribution in [0.4, 0.5) is 0 Å². The third-order valence-electron chi connectivity index (χ3n) is 4.66. The second-order valence-corrected chi connectivity index (χ2v) is 8.24. The zero-order valence-electron chi connectivity index (χ0n) is 17.7. The molecule has 0 fully saturated rings. The number of carbonyl (C=O) groups excluding carboxylic acids is 2. The second-order valence-electron chi connectivity index (χ2n) is 7.40. The van der Waals surface area contributed by atoms with Crippen molar-refractivity contribution in [3.8, 4) is 5.75 Å². The van der Waals surface area contributed by atoms with Gasteiger partial charge < -0.3 is 15.0 Å². The van der Waals surface area contributed by atoms with Crippen LogP contribution in [0.3, 0.4) is 0 Å². The molecule has 7 heteroatoms. The maximum absolute atomic E-state index is 13.2. The van der Waals surface area contributed by atoms with Gasteiger partial charge >= 0.3 is 0 Å². The summed E-state index contributed by atoms with van der Waals surface area (Å²) in [4.78, 5) is 27.5. The van der Waals surface area contributed by atoms with Crippen LogP contribution in [0.25, 0.3) is 0 Å². The molecule has 0 heterocycles. The number of hydrogen-bond donors (Lipinski definition) is 1. The summed E-state index contributed by atoms with van der Waals surface area (Å²) >= 11 is 12.1. The van der Waals surface area contributed by atoms with Crippen molar-refractivity contribution in [2.75, 3.05) is 6.61 Å². The molecule has 5 nitrogen and oxygen atoms in total. The average Bonchev–Trinajstić information content (AvgIpc) is 2.67. The summed E-state index contributed by atoms with van der Waals surface area (Å²) in [6, 6.07) is 12.0. The number of amides is 2. The molecular formula is C23H28Cl2N2O3. The Hall–Kier alpha value is -2.24. The lowest BCUT2D eigenvalue weighted by molar-refractivity contribution is -0.143. The summed E-state index contributed by atoms with van der Waals surface area (Å²) in [5.74, 6) is -0.112. The number of benzene rings is 2. The Balaban J connectivity index is 2.25. The van der Waals surface area contributed by atoms with Crippen molar-refractivity contribution >= 4 is 35.0 Å². The average molecular weight is 451 g/mol. The number of ether oxygens (including phenoxy) is 1. The minimum Gasteiger partial charge on any atom is -0.482 e. The summed E-state index contributed by atoms with van der Waals surface area (Å²) in [6.45, 7) is 7.73. The smallest absolute Gasteiger partial charge is 0.261 e. The second kappa shape index (κ2) is 11.2. The SMILES string of the molecule is CC[C@@H](C(=O)NC(C)C)N(Cc1ccccc1C)C(=O)COc1ccc(Cl)cc1Cl. The van der Waals surface area contributed by atoms with Crippen molar-refractivity contribution in [1.29, 1.82) is 0 Å². The molecule has 0 aliphatic heterocycles. The van der Waals surface area contributed by atoms with Gasteiger partial charge in [-0.1, -0.05) is 54.4 Å². The van der Waals surface area contributed by atoms with Gasteiger partial charge in [0.15, 0.2) is 6.61 Å². The molecule has 1 N–H and O–H groups in total. The van der Waals surface area contributed by atoms with E-state index in [1.165, 1.54) is 0 Å². The first kappa shape index (κ1) is 24.0. The number of aryl methyl sites for hydroxylation is 1. The Kier molecular flexibility index (Phi) is 9.00. The van der Waals surface area contributed by atoms with Crippen LogP contribution < -0.4 is 10.1 Å². The fourth-order valence-corrected chi connectivity index (χ4v) is 3.55. The number of halogens is 2. The molecule has 0 unspecified atom stereocenters. The first-order valence-corrected chi connectivity index (χ1v) is 10.7. The molecule has 0 bridgehead atoms. The zero-order chi connectivity index (χ0) is 22.3. The summed E-state index contributed by atoms with van der Waals surface area (Å²) in [6.07, 6.45) is 0.484. The number of hydrogen-bond acceptors (Lipinski definition) is 3. The fourth-order valence-electron chi connectivity index (χ4n) is 3.09. The Labute approximate surface area is 188 Å². The highest BCUT2D eigenvalue weighted by Crippen LogP contribution is 2.27. The summed E-state index contributed by atoms with van der Waals surface area (Å²) < 4.78 is 5.64. The maximum atomic E-state index is 13.2. The summed E-state index contributed by atoms with van der Waals surface area (Å²) in [5, 5.41) is 3.72. The predicted octanol–water partition coefficient (Wildman–Crippen LogP) is 5.01. The largest absolute Gasteiger partial charge is 0.482 e. The number of carbonyl (C=O) groups is 2. The lowest BCUT2D eigenvalue weighted by Gasteiger charge is -2.31. The fraction of sp³-hybridized carbons (Fsp3) is 0.391. The van der Waals surface area contributed by atoms with E-state index >= 15 is 0 Å². The van der Waals surface area contributed by atoms with Crippen LogP contribution in [0.15, 0.2) is 42.5 Å². The van der Waals surface area contributed by atoms with Gasteiger partial charge in [0.25, 0.3) is 5.91 Å².